The molecule has 2 aromatic rings. The SMILES string of the molecule is CC(C(=O)NCc1nc(-c2ccco2)n[nH]1)N1CCCCCC1. The van der Waals surface area contributed by atoms with E-state index in [9.17, 15) is 4.79 Å². The molecule has 124 valence electrons. The molecule has 3 heterocycles. The Morgan fingerprint density at radius 1 is 1.39 bits per heavy atom. The number of aromatic amines is 1. The van der Waals surface area contributed by atoms with Crippen LogP contribution in [0.2, 0.25) is 0 Å². The topological polar surface area (TPSA) is 87.0 Å². The molecule has 2 N–H and O–H groups in total. The van der Waals surface area contributed by atoms with Crippen molar-refractivity contribution >= 4 is 5.91 Å². The number of carbonyl (C=O) groups excluding carboxylic acids is 1. The molecule has 1 aliphatic heterocycles. The molecule has 0 bridgehead atoms. The third-order valence-electron chi connectivity index (χ3n) is 4.27. The van der Waals surface area contributed by atoms with Gasteiger partial charge in [0, 0.05) is 0 Å². The average Bonchev–Trinajstić information content (AvgIpc) is 3.18. The molecule has 1 amide bonds. The Bertz CT molecular complexity index is 614. The Balaban J connectivity index is 1.52. The van der Waals surface area contributed by atoms with Gasteiger partial charge in [-0.2, -0.15) is 0 Å². The molecule has 3 rings (SSSR count). The molecule has 7 nitrogen and oxygen atoms in total. The maximum absolute atomic E-state index is 12.3. The van der Waals surface area contributed by atoms with Crippen molar-refractivity contribution in [2.75, 3.05) is 13.1 Å². The Labute approximate surface area is 135 Å². The van der Waals surface area contributed by atoms with Crippen LogP contribution in [0.25, 0.3) is 11.6 Å². The lowest BCUT2D eigenvalue weighted by Crippen LogP contribution is -2.45. The fourth-order valence-electron chi connectivity index (χ4n) is 2.86. The van der Waals surface area contributed by atoms with Crippen molar-refractivity contribution in [3.8, 4) is 11.6 Å². The highest BCUT2D eigenvalue weighted by Crippen LogP contribution is 2.15. The Kier molecular flexibility index (Phi) is 5.07. The number of likely N-dealkylation sites (tertiary alicyclic amines) is 1. The zero-order valence-electron chi connectivity index (χ0n) is 13.4. The predicted octanol–water partition coefficient (Wildman–Crippen LogP) is 1.95. The number of hydrogen-bond donors (Lipinski definition) is 2. The van der Waals surface area contributed by atoms with Gasteiger partial charge in [0.15, 0.2) is 5.76 Å². The number of aromatic nitrogens is 3. The van der Waals surface area contributed by atoms with Crippen LogP contribution in [-0.4, -0.2) is 45.1 Å². The minimum absolute atomic E-state index is 0.0304. The molecule has 1 unspecified atom stereocenters. The summed E-state index contributed by atoms with van der Waals surface area (Å²) in [5, 5.41) is 9.85. The zero-order valence-corrected chi connectivity index (χ0v) is 13.4. The van der Waals surface area contributed by atoms with Gasteiger partial charge in [-0.05, 0) is 45.0 Å². The number of nitrogens with one attached hydrogen (secondary N) is 2. The minimum atomic E-state index is -0.111. The van der Waals surface area contributed by atoms with Crippen LogP contribution in [0.1, 0.15) is 38.4 Å². The van der Waals surface area contributed by atoms with E-state index >= 15 is 0 Å². The van der Waals surface area contributed by atoms with Gasteiger partial charge in [-0.3, -0.25) is 14.8 Å². The lowest BCUT2D eigenvalue weighted by Gasteiger charge is -2.26. The lowest BCUT2D eigenvalue weighted by atomic mass is 10.2. The van der Waals surface area contributed by atoms with Gasteiger partial charge >= 0.3 is 0 Å². The van der Waals surface area contributed by atoms with E-state index in [1.54, 1.807) is 18.4 Å². The maximum Gasteiger partial charge on any atom is 0.237 e. The summed E-state index contributed by atoms with van der Waals surface area (Å²) in [7, 11) is 0. The number of furan rings is 1. The quantitative estimate of drug-likeness (QED) is 0.880. The van der Waals surface area contributed by atoms with Crippen molar-refractivity contribution in [1.82, 2.24) is 25.4 Å². The van der Waals surface area contributed by atoms with E-state index in [-0.39, 0.29) is 11.9 Å². The summed E-state index contributed by atoms with van der Waals surface area (Å²) in [5.74, 6) is 1.76. The van der Waals surface area contributed by atoms with Crippen LogP contribution in [-0.2, 0) is 11.3 Å². The normalized spacial score (nSPS) is 17.6. The fourth-order valence-corrected chi connectivity index (χ4v) is 2.86. The predicted molar refractivity (Wildman–Crippen MR) is 85.4 cm³/mol. The van der Waals surface area contributed by atoms with Gasteiger partial charge in [0.2, 0.25) is 11.7 Å². The van der Waals surface area contributed by atoms with Crippen molar-refractivity contribution in [3.63, 3.8) is 0 Å². The van der Waals surface area contributed by atoms with E-state index in [1.165, 1.54) is 25.7 Å². The van der Waals surface area contributed by atoms with E-state index in [0.717, 1.165) is 13.1 Å². The highest BCUT2D eigenvalue weighted by Gasteiger charge is 2.22. The summed E-state index contributed by atoms with van der Waals surface area (Å²) in [6.45, 7) is 4.30. The van der Waals surface area contributed by atoms with E-state index in [0.29, 0.717) is 24.0 Å². The van der Waals surface area contributed by atoms with E-state index in [4.69, 9.17) is 4.42 Å². The maximum atomic E-state index is 12.3. The van der Waals surface area contributed by atoms with Crippen molar-refractivity contribution in [2.45, 2.75) is 45.2 Å². The highest BCUT2D eigenvalue weighted by atomic mass is 16.3. The van der Waals surface area contributed by atoms with Crippen LogP contribution >= 0.6 is 0 Å². The first kappa shape index (κ1) is 15.7. The molecular weight excluding hydrogens is 294 g/mol. The van der Waals surface area contributed by atoms with Gasteiger partial charge in [-0.1, -0.05) is 12.8 Å². The number of amides is 1. The smallest absolute Gasteiger partial charge is 0.237 e. The van der Waals surface area contributed by atoms with Crippen LogP contribution in [0.3, 0.4) is 0 Å². The second-order valence-corrected chi connectivity index (χ2v) is 5.93. The van der Waals surface area contributed by atoms with Crippen LogP contribution in [0, 0.1) is 0 Å². The number of hydrogen-bond acceptors (Lipinski definition) is 5. The number of carbonyl (C=O) groups is 1. The molecule has 1 aliphatic rings. The van der Waals surface area contributed by atoms with E-state index in [1.807, 2.05) is 6.92 Å². The van der Waals surface area contributed by atoms with Gasteiger partial charge in [0.25, 0.3) is 0 Å². The van der Waals surface area contributed by atoms with Crippen molar-refractivity contribution < 1.29 is 9.21 Å². The van der Waals surface area contributed by atoms with Crippen LogP contribution < -0.4 is 5.32 Å². The summed E-state index contributed by atoms with van der Waals surface area (Å²) in [6.07, 6.45) is 6.45. The van der Waals surface area contributed by atoms with Crippen molar-refractivity contribution in [3.05, 3.63) is 24.2 Å². The Hall–Kier alpha value is -2.15. The summed E-state index contributed by atoms with van der Waals surface area (Å²) in [6, 6.07) is 3.48. The van der Waals surface area contributed by atoms with Crippen LogP contribution in [0.5, 0.6) is 0 Å². The lowest BCUT2D eigenvalue weighted by molar-refractivity contribution is -0.126. The highest BCUT2D eigenvalue weighted by molar-refractivity contribution is 5.81. The summed E-state index contributed by atoms with van der Waals surface area (Å²) < 4.78 is 5.25. The molecule has 1 atom stereocenters. The second-order valence-electron chi connectivity index (χ2n) is 5.93. The molecule has 2 aromatic heterocycles. The van der Waals surface area contributed by atoms with Gasteiger partial charge < -0.3 is 9.73 Å². The molecule has 1 saturated heterocycles. The molecule has 1 fully saturated rings. The monoisotopic (exact) mass is 317 g/mol. The molecular formula is C16H23N5O2. The Morgan fingerprint density at radius 3 is 2.87 bits per heavy atom. The summed E-state index contributed by atoms with van der Waals surface area (Å²) >= 11 is 0. The van der Waals surface area contributed by atoms with Crippen LogP contribution in [0.4, 0.5) is 0 Å². The fraction of sp³-hybridized carbons (Fsp3) is 0.562. The van der Waals surface area contributed by atoms with Crippen molar-refractivity contribution in [1.29, 1.82) is 0 Å². The Morgan fingerprint density at radius 2 is 2.17 bits per heavy atom. The molecule has 0 radical (unpaired) electrons. The molecule has 0 saturated carbocycles. The molecule has 0 aromatic carbocycles. The van der Waals surface area contributed by atoms with E-state index in [2.05, 4.69) is 25.4 Å². The first-order valence-corrected chi connectivity index (χ1v) is 8.21. The number of rotatable bonds is 5. The molecule has 0 aliphatic carbocycles. The largest absolute Gasteiger partial charge is 0.461 e. The standard InChI is InChI=1S/C16H23N5O2/c1-12(21-8-4-2-3-5-9-21)16(22)17-11-14-18-15(20-19-14)13-7-6-10-23-13/h6-7,10,12H,2-5,8-9,11H2,1H3,(H,17,22)(H,18,19,20). The van der Waals surface area contributed by atoms with E-state index < -0.39 is 0 Å². The zero-order chi connectivity index (χ0) is 16.1. The third kappa shape index (κ3) is 3.98. The first-order valence-electron chi connectivity index (χ1n) is 8.21. The third-order valence-corrected chi connectivity index (χ3v) is 4.27. The summed E-state index contributed by atoms with van der Waals surface area (Å²) in [4.78, 5) is 18.9. The van der Waals surface area contributed by atoms with Crippen molar-refractivity contribution in [2.24, 2.45) is 0 Å². The van der Waals surface area contributed by atoms with Gasteiger partial charge in [-0.15, -0.1) is 5.10 Å². The van der Waals surface area contributed by atoms with Gasteiger partial charge in [0.1, 0.15) is 5.82 Å². The van der Waals surface area contributed by atoms with Gasteiger partial charge in [-0.25, -0.2) is 4.98 Å². The molecule has 0 spiro atoms. The molecule has 7 heteroatoms. The van der Waals surface area contributed by atoms with Gasteiger partial charge in [0.05, 0.1) is 18.8 Å². The molecule has 23 heavy (non-hydrogen) atoms. The second kappa shape index (κ2) is 7.41. The average molecular weight is 317 g/mol. The number of H-pyrrole nitrogens is 1. The number of nitrogens with zero attached hydrogens (tertiary/aromatic N) is 3. The minimum Gasteiger partial charge on any atom is -0.461 e. The first-order chi connectivity index (χ1) is 11.2. The summed E-state index contributed by atoms with van der Waals surface area (Å²) in [5.41, 5.74) is 0. The van der Waals surface area contributed by atoms with Crippen LogP contribution in [0.15, 0.2) is 22.8 Å².